The van der Waals surface area contributed by atoms with Crippen molar-refractivity contribution in [1.29, 1.82) is 0 Å². The van der Waals surface area contributed by atoms with E-state index in [1.807, 2.05) is 0 Å². The summed E-state index contributed by atoms with van der Waals surface area (Å²) in [5.41, 5.74) is 0. The van der Waals surface area contributed by atoms with Crippen LogP contribution >= 0.6 is 0 Å². The van der Waals surface area contributed by atoms with E-state index in [4.69, 9.17) is 61.3 Å². The summed E-state index contributed by atoms with van der Waals surface area (Å²) < 4.78 is 0. The maximum atomic E-state index is 8.25. The summed E-state index contributed by atoms with van der Waals surface area (Å²) in [6, 6.07) is 0. The maximum Gasteiger partial charge on any atom is 2.00 e. The van der Waals surface area contributed by atoms with Crippen molar-refractivity contribution in [2.75, 3.05) is 0 Å². The molecular weight excluding hydrogens is 393 g/mol. The molecule has 20 heavy (non-hydrogen) atoms. The van der Waals surface area contributed by atoms with Crippen LogP contribution in [0.2, 0.25) is 0 Å². The van der Waals surface area contributed by atoms with Crippen LogP contribution in [-0.4, -0.2) is 20.3 Å². The molecule has 0 heterocycles. The largest absolute Gasteiger partial charge is 2.00 e. The molecular formula is H4N6Ni2O12. The number of nitrogens with two attached hydrogens (primary N) is 2. The number of hydrogen-bond acceptors (Lipinski definition) is 14. The van der Waals surface area contributed by atoms with Gasteiger partial charge in [0.25, 0.3) is 0 Å². The molecule has 0 aliphatic carbocycles. The van der Waals surface area contributed by atoms with Crippen molar-refractivity contribution in [3.63, 3.8) is 0 Å². The fourth-order valence-corrected chi connectivity index (χ4v) is 0. The first-order valence-electron chi connectivity index (χ1n) is 2.52. The minimum Gasteiger partial charge on any atom is -0.356 e. The summed E-state index contributed by atoms with van der Waals surface area (Å²) in [5, 5.41) is 59.0. The van der Waals surface area contributed by atoms with Gasteiger partial charge in [0.15, 0.2) is 0 Å². The van der Waals surface area contributed by atoms with Gasteiger partial charge in [-0.15, -0.1) is 0 Å². The molecule has 0 aliphatic rings. The van der Waals surface area contributed by atoms with Crippen LogP contribution in [0.5, 0.6) is 0 Å². The van der Waals surface area contributed by atoms with E-state index >= 15 is 0 Å². The summed E-state index contributed by atoms with van der Waals surface area (Å²) in [4.78, 5) is 33.0. The third-order valence-corrected chi connectivity index (χ3v) is 0. The van der Waals surface area contributed by atoms with Gasteiger partial charge in [-0.25, -0.2) is 0 Å². The molecule has 0 radical (unpaired) electrons. The Kier molecular flexibility index (Phi) is 94.3. The van der Waals surface area contributed by atoms with Gasteiger partial charge in [0.1, 0.15) is 0 Å². The number of hydrazine groups is 1. The molecule has 0 aromatic heterocycles. The van der Waals surface area contributed by atoms with Gasteiger partial charge in [-0.2, -0.15) is 0 Å². The van der Waals surface area contributed by atoms with Gasteiger partial charge in [-0.1, -0.05) is 0 Å². The monoisotopic (exact) mass is 396 g/mol. The second kappa shape index (κ2) is 43.7. The molecule has 0 spiro atoms. The normalized spacial score (nSPS) is 5.10. The zero-order chi connectivity index (χ0) is 16.3. The number of rotatable bonds is 0. The average molecular weight is 397 g/mol. The SMILES string of the molecule is NN.O=[N+]([O-])[O-].O=[N+]([O-])[O-].O=[N+]([O-])[O-].O=[N+]([O-])[O-].[Ni+2].[Ni+2]. The van der Waals surface area contributed by atoms with E-state index in [1.54, 1.807) is 0 Å². The molecule has 0 aliphatic heterocycles. The first-order chi connectivity index (χ1) is 7.93. The molecule has 0 bridgehead atoms. The summed E-state index contributed by atoms with van der Waals surface area (Å²) in [6.07, 6.45) is 0. The zero-order valence-electron chi connectivity index (χ0n) is 8.47. The first kappa shape index (κ1) is 43.1. The number of hydrogen-bond donors (Lipinski definition) is 2. The minimum absolute atomic E-state index is 0. The van der Waals surface area contributed by atoms with Gasteiger partial charge in [-0.3, -0.25) is 11.7 Å². The Bertz CT molecular complexity index is 166. The minimum atomic E-state index is -1.75. The first-order valence-corrected chi connectivity index (χ1v) is 2.52. The Morgan fingerprint density at radius 2 is 0.450 bits per heavy atom. The van der Waals surface area contributed by atoms with Crippen LogP contribution in [0.1, 0.15) is 0 Å². The third-order valence-electron chi connectivity index (χ3n) is 0. The molecule has 0 atom stereocenters. The Morgan fingerprint density at radius 1 is 0.450 bits per heavy atom. The van der Waals surface area contributed by atoms with Crippen molar-refractivity contribution in [3.8, 4) is 0 Å². The molecule has 0 saturated heterocycles. The van der Waals surface area contributed by atoms with E-state index in [2.05, 4.69) is 11.7 Å². The zero-order valence-corrected chi connectivity index (χ0v) is 10.5. The maximum absolute atomic E-state index is 8.25. The van der Waals surface area contributed by atoms with Crippen LogP contribution in [0, 0.1) is 61.3 Å². The van der Waals surface area contributed by atoms with Gasteiger partial charge in [0, 0.05) is 0 Å². The van der Waals surface area contributed by atoms with Crippen LogP contribution in [0.3, 0.4) is 0 Å². The Labute approximate surface area is 127 Å². The predicted molar refractivity (Wildman–Crippen MR) is 49.8 cm³/mol. The van der Waals surface area contributed by atoms with E-state index in [0.29, 0.717) is 0 Å². The molecule has 0 rings (SSSR count). The summed E-state index contributed by atoms with van der Waals surface area (Å²) in [5.74, 6) is 8.00. The van der Waals surface area contributed by atoms with Crippen molar-refractivity contribution in [3.05, 3.63) is 61.3 Å². The van der Waals surface area contributed by atoms with E-state index in [-0.39, 0.29) is 33.0 Å². The molecule has 18 nitrogen and oxygen atoms in total. The molecule has 0 aromatic rings. The van der Waals surface area contributed by atoms with Crippen molar-refractivity contribution >= 4 is 0 Å². The summed E-state index contributed by atoms with van der Waals surface area (Å²) in [6.45, 7) is 0. The smallest absolute Gasteiger partial charge is 0.356 e. The van der Waals surface area contributed by atoms with Crippen LogP contribution in [-0.2, 0) is 33.0 Å². The Hall–Kier alpha value is -2.29. The molecule has 20 heteroatoms. The average Bonchev–Trinajstić information content (AvgIpc) is 2.01. The second-order valence-electron chi connectivity index (χ2n) is 0.894. The molecule has 0 aromatic carbocycles. The molecule has 126 valence electrons. The Morgan fingerprint density at radius 3 is 0.450 bits per heavy atom. The Balaban J connectivity index is -0.0000000209. The van der Waals surface area contributed by atoms with Crippen LogP contribution in [0.15, 0.2) is 0 Å². The van der Waals surface area contributed by atoms with Crippen molar-refractivity contribution in [1.82, 2.24) is 0 Å². The van der Waals surface area contributed by atoms with Gasteiger partial charge in [0.2, 0.25) is 0 Å². The predicted octanol–water partition coefficient (Wildman–Crippen LogP) is -2.14. The van der Waals surface area contributed by atoms with E-state index in [9.17, 15) is 0 Å². The molecule has 0 saturated carbocycles. The van der Waals surface area contributed by atoms with E-state index in [0.717, 1.165) is 0 Å². The van der Waals surface area contributed by atoms with Gasteiger partial charge in [-0.05, 0) is 0 Å². The molecule has 4 N–H and O–H groups in total. The van der Waals surface area contributed by atoms with Gasteiger partial charge >= 0.3 is 33.0 Å². The quantitative estimate of drug-likeness (QED) is 0.190. The van der Waals surface area contributed by atoms with Gasteiger partial charge < -0.3 is 61.3 Å². The molecule has 0 fully saturated rings. The topological polar surface area (TPSA) is 317 Å². The van der Waals surface area contributed by atoms with Crippen LogP contribution in [0.4, 0.5) is 0 Å². The van der Waals surface area contributed by atoms with Crippen molar-refractivity contribution in [2.24, 2.45) is 11.7 Å². The van der Waals surface area contributed by atoms with E-state index in [1.165, 1.54) is 0 Å². The summed E-state index contributed by atoms with van der Waals surface area (Å²) in [7, 11) is 0. The van der Waals surface area contributed by atoms with E-state index < -0.39 is 20.3 Å². The fourth-order valence-electron chi connectivity index (χ4n) is 0. The van der Waals surface area contributed by atoms with Crippen molar-refractivity contribution in [2.45, 2.75) is 0 Å². The summed E-state index contributed by atoms with van der Waals surface area (Å²) >= 11 is 0. The van der Waals surface area contributed by atoms with Crippen LogP contribution in [0.25, 0.3) is 0 Å². The molecule has 0 unspecified atom stereocenters. The third kappa shape index (κ3) is 646. The number of nitrogens with zero attached hydrogens (tertiary/aromatic N) is 4. The second-order valence-corrected chi connectivity index (χ2v) is 0.894. The molecule has 0 amide bonds. The van der Waals surface area contributed by atoms with Gasteiger partial charge in [0.05, 0.1) is 20.3 Å². The fraction of sp³-hybridized carbons (Fsp3) is 0. The van der Waals surface area contributed by atoms with Crippen LogP contribution < -0.4 is 11.7 Å². The standard InChI is InChI=1S/H4N2.4NO3.2Ni/c1-2;4*2-1(3)4;;/h1-2H2;;;;;;/q;4*-1;2*+2. The van der Waals surface area contributed by atoms with Crippen molar-refractivity contribution < 1.29 is 53.3 Å².